The van der Waals surface area contributed by atoms with Gasteiger partial charge in [0.25, 0.3) is 0 Å². The molecule has 1 aromatic rings. The Morgan fingerprint density at radius 2 is 2.10 bits per heavy atom. The Balaban J connectivity index is 1.24. The average Bonchev–Trinajstić information content (AvgIpc) is 3.67. The van der Waals surface area contributed by atoms with Gasteiger partial charge in [-0.3, -0.25) is 0 Å². The first kappa shape index (κ1) is 28.6. The standard InChI is InChI=1S/C30H48N4O5/c1-19(2)10-11-24-29(5,39-24)27-26(36-7)23(12-13-30(27)17-37-30)38-28(35)32-25(20(3)4)22-16-34(18-31-22)15-21-9-8-14-33(21)6/h10,16,18,20-21,23-27H,8-9,11-15,17H2,1-7H3,(H,32,35)/t21-,23-,24-,25+,26-,27-,29+,30+/m1/s1. The molecule has 0 bridgehead atoms. The van der Waals surface area contributed by atoms with Crippen molar-refractivity contribution >= 4 is 6.09 Å². The zero-order valence-corrected chi connectivity index (χ0v) is 24.8. The van der Waals surface area contributed by atoms with E-state index in [9.17, 15) is 4.79 Å². The van der Waals surface area contributed by atoms with Crippen LogP contribution in [-0.4, -0.2) is 83.4 Å². The number of carbonyl (C=O) groups is 1. The number of hydrogen-bond acceptors (Lipinski definition) is 7. The Hall–Kier alpha value is -1.94. The molecule has 1 aliphatic carbocycles. The van der Waals surface area contributed by atoms with Gasteiger partial charge < -0.3 is 33.7 Å². The number of likely N-dealkylation sites (N-methyl/N-ethyl adjacent to an activating group) is 1. The van der Waals surface area contributed by atoms with E-state index >= 15 is 0 Å². The maximum Gasteiger partial charge on any atom is 0.408 e. The lowest BCUT2D eigenvalue weighted by Gasteiger charge is -2.42. The maximum absolute atomic E-state index is 13.3. The van der Waals surface area contributed by atoms with Gasteiger partial charge in [-0.2, -0.15) is 0 Å². The summed E-state index contributed by atoms with van der Waals surface area (Å²) in [5, 5.41) is 3.11. The van der Waals surface area contributed by atoms with Crippen LogP contribution in [0.15, 0.2) is 24.2 Å². The van der Waals surface area contributed by atoms with Gasteiger partial charge >= 0.3 is 6.09 Å². The molecule has 9 heteroatoms. The van der Waals surface area contributed by atoms with Gasteiger partial charge in [-0.15, -0.1) is 0 Å². The molecule has 4 fully saturated rings. The number of carbonyl (C=O) groups excluding carboxylic acids is 1. The number of methoxy groups -OCH3 is 1. The zero-order valence-electron chi connectivity index (χ0n) is 24.8. The van der Waals surface area contributed by atoms with Crippen molar-refractivity contribution in [2.24, 2.45) is 11.8 Å². The van der Waals surface area contributed by atoms with Crippen molar-refractivity contribution in [2.75, 3.05) is 27.3 Å². The predicted molar refractivity (Wildman–Crippen MR) is 148 cm³/mol. The summed E-state index contributed by atoms with van der Waals surface area (Å²) >= 11 is 0. The van der Waals surface area contributed by atoms with Crippen LogP contribution in [0.5, 0.6) is 0 Å². The zero-order chi connectivity index (χ0) is 27.9. The minimum Gasteiger partial charge on any atom is -0.443 e. The minimum absolute atomic E-state index is 0.00225. The molecule has 3 saturated heterocycles. The number of hydrogen-bond donors (Lipinski definition) is 1. The predicted octanol–water partition coefficient (Wildman–Crippen LogP) is 4.48. The highest BCUT2D eigenvalue weighted by Gasteiger charge is 2.72. The lowest BCUT2D eigenvalue weighted by Crippen LogP contribution is -2.56. The second-order valence-electron chi connectivity index (χ2n) is 13.0. The van der Waals surface area contributed by atoms with Gasteiger partial charge in [0.2, 0.25) is 0 Å². The molecule has 8 atom stereocenters. The molecule has 1 N–H and O–H groups in total. The van der Waals surface area contributed by atoms with E-state index in [1.165, 1.54) is 18.4 Å². The van der Waals surface area contributed by atoms with Crippen LogP contribution in [0.3, 0.4) is 0 Å². The number of imidazole rings is 1. The molecular formula is C30H48N4O5. The molecule has 3 aliphatic heterocycles. The Labute approximate surface area is 233 Å². The van der Waals surface area contributed by atoms with Gasteiger partial charge in [0.1, 0.15) is 23.4 Å². The third kappa shape index (κ3) is 5.92. The lowest BCUT2D eigenvalue weighted by molar-refractivity contribution is -0.118. The van der Waals surface area contributed by atoms with Crippen LogP contribution in [0.25, 0.3) is 0 Å². The number of alkyl carbamates (subject to hydrolysis) is 1. The molecule has 1 saturated carbocycles. The van der Waals surface area contributed by atoms with Gasteiger partial charge in [-0.05, 0) is 72.4 Å². The topological polar surface area (TPSA) is 93.7 Å². The minimum atomic E-state index is -0.430. The third-order valence-electron chi connectivity index (χ3n) is 9.50. The summed E-state index contributed by atoms with van der Waals surface area (Å²) in [6.07, 6.45) is 10.0. The number of amides is 1. The Morgan fingerprint density at radius 1 is 1.33 bits per heavy atom. The smallest absolute Gasteiger partial charge is 0.408 e. The fraction of sp³-hybridized carbons (Fsp3) is 0.800. The van der Waals surface area contributed by atoms with Crippen molar-refractivity contribution in [3.05, 3.63) is 29.9 Å². The Bertz CT molecular complexity index is 1050. The summed E-state index contributed by atoms with van der Waals surface area (Å²) in [6, 6.07) is 0.293. The van der Waals surface area contributed by atoms with E-state index in [1.54, 1.807) is 7.11 Å². The van der Waals surface area contributed by atoms with Crippen LogP contribution in [0, 0.1) is 11.8 Å². The molecule has 1 aromatic heterocycles. The SMILES string of the molecule is CO[C@@H]1[C@H](OC(=O)N[C@H](c2cn(C[C@H]3CCCN3C)cn2)C(C)C)CC[C@]2(CO2)[C@H]1[C@@]1(C)O[C@@H]1CC=C(C)C. The molecule has 5 rings (SSSR count). The maximum atomic E-state index is 13.3. The number of epoxide rings is 2. The van der Waals surface area contributed by atoms with Crippen molar-refractivity contribution in [1.82, 2.24) is 19.8 Å². The number of allylic oxidation sites excluding steroid dienone is 1. The van der Waals surface area contributed by atoms with E-state index in [2.05, 4.69) is 73.7 Å². The van der Waals surface area contributed by atoms with Crippen LogP contribution in [-0.2, 0) is 25.5 Å². The van der Waals surface area contributed by atoms with Crippen molar-refractivity contribution in [1.29, 1.82) is 0 Å². The van der Waals surface area contributed by atoms with E-state index in [1.807, 2.05) is 6.33 Å². The fourth-order valence-electron chi connectivity index (χ4n) is 7.04. The van der Waals surface area contributed by atoms with E-state index in [0.717, 1.165) is 31.6 Å². The molecule has 0 unspecified atom stereocenters. The van der Waals surface area contributed by atoms with Crippen molar-refractivity contribution in [3.8, 4) is 0 Å². The van der Waals surface area contributed by atoms with Crippen molar-refractivity contribution in [2.45, 2.75) is 115 Å². The number of ether oxygens (including phenoxy) is 4. The second-order valence-corrected chi connectivity index (χ2v) is 13.0. The highest BCUT2D eigenvalue weighted by atomic mass is 16.6. The van der Waals surface area contributed by atoms with E-state index in [-0.39, 0.29) is 47.4 Å². The van der Waals surface area contributed by atoms with Crippen molar-refractivity contribution in [3.63, 3.8) is 0 Å². The first-order chi connectivity index (χ1) is 18.6. The highest BCUT2D eigenvalue weighted by Crippen LogP contribution is 2.59. The first-order valence-electron chi connectivity index (χ1n) is 14.7. The normalized spacial score (nSPS) is 36.7. The van der Waals surface area contributed by atoms with Gasteiger partial charge in [0.15, 0.2) is 0 Å². The van der Waals surface area contributed by atoms with Crippen LogP contribution in [0.4, 0.5) is 4.79 Å². The lowest BCUT2D eigenvalue weighted by atomic mass is 9.68. The molecule has 218 valence electrons. The monoisotopic (exact) mass is 544 g/mol. The summed E-state index contributed by atoms with van der Waals surface area (Å²) < 4.78 is 26.6. The second kappa shape index (κ2) is 11.1. The number of nitrogens with zero attached hydrogens (tertiary/aromatic N) is 3. The summed E-state index contributed by atoms with van der Waals surface area (Å²) in [5.41, 5.74) is 1.54. The van der Waals surface area contributed by atoms with E-state index in [4.69, 9.17) is 18.9 Å². The van der Waals surface area contributed by atoms with Crippen LogP contribution in [0.1, 0.15) is 78.5 Å². The largest absolute Gasteiger partial charge is 0.443 e. The van der Waals surface area contributed by atoms with E-state index < -0.39 is 6.09 Å². The number of nitrogens with one attached hydrogen (secondary N) is 1. The van der Waals surface area contributed by atoms with Gasteiger partial charge in [-0.1, -0.05) is 25.5 Å². The van der Waals surface area contributed by atoms with E-state index in [0.29, 0.717) is 19.1 Å². The average molecular weight is 545 g/mol. The van der Waals surface area contributed by atoms with Crippen molar-refractivity contribution < 1.29 is 23.7 Å². The van der Waals surface area contributed by atoms with Gasteiger partial charge in [0.05, 0.1) is 36.7 Å². The summed E-state index contributed by atoms with van der Waals surface area (Å²) in [5.74, 6) is 0.160. The molecule has 0 aromatic carbocycles. The van der Waals surface area contributed by atoms with Crippen LogP contribution >= 0.6 is 0 Å². The van der Waals surface area contributed by atoms with Crippen LogP contribution < -0.4 is 5.32 Å². The molecule has 1 spiro atoms. The molecule has 9 nitrogen and oxygen atoms in total. The van der Waals surface area contributed by atoms with Crippen LogP contribution in [0.2, 0.25) is 0 Å². The number of likely N-dealkylation sites (tertiary alicyclic amines) is 1. The Kier molecular flexibility index (Phi) is 8.17. The quantitative estimate of drug-likeness (QED) is 0.343. The van der Waals surface area contributed by atoms with Gasteiger partial charge in [-0.25, -0.2) is 9.78 Å². The first-order valence-corrected chi connectivity index (χ1v) is 14.7. The summed E-state index contributed by atoms with van der Waals surface area (Å²) in [4.78, 5) is 20.4. The molecule has 4 aliphatic rings. The number of aromatic nitrogens is 2. The summed E-state index contributed by atoms with van der Waals surface area (Å²) in [6.45, 7) is 13.3. The third-order valence-corrected chi connectivity index (χ3v) is 9.50. The Morgan fingerprint density at radius 3 is 2.72 bits per heavy atom. The molecular weight excluding hydrogens is 496 g/mol. The highest BCUT2D eigenvalue weighted by molar-refractivity contribution is 5.68. The number of rotatable bonds is 10. The summed E-state index contributed by atoms with van der Waals surface area (Å²) in [7, 11) is 3.89. The van der Waals surface area contributed by atoms with Gasteiger partial charge in [0, 0.05) is 25.9 Å². The molecule has 1 amide bonds. The molecule has 4 heterocycles. The molecule has 39 heavy (non-hydrogen) atoms. The fourth-order valence-corrected chi connectivity index (χ4v) is 7.04. The molecule has 0 radical (unpaired) electrons.